The number of aryl methyl sites for hydroxylation is 1. The number of likely N-dealkylation sites (tertiary alicyclic amines) is 1. The lowest BCUT2D eigenvalue weighted by Crippen LogP contribution is -2.30. The van der Waals surface area contributed by atoms with Gasteiger partial charge in [0.2, 0.25) is 0 Å². The number of aliphatic hydroxyl groups is 1. The Bertz CT molecular complexity index is 1380. The van der Waals surface area contributed by atoms with Crippen molar-refractivity contribution in [1.29, 1.82) is 0 Å². The summed E-state index contributed by atoms with van der Waals surface area (Å²) in [6.45, 7) is 5.62. The first-order valence-corrected chi connectivity index (χ1v) is 12.9. The van der Waals surface area contributed by atoms with Crippen molar-refractivity contribution < 1.29 is 28.9 Å². The van der Waals surface area contributed by atoms with Crippen molar-refractivity contribution in [3.63, 3.8) is 0 Å². The number of ether oxygens (including phenoxy) is 3. The highest BCUT2D eigenvalue weighted by atomic mass is 16.6. The number of hydrogen-bond donors (Lipinski definition) is 1. The predicted molar refractivity (Wildman–Crippen MR) is 143 cm³/mol. The number of benzene rings is 3. The summed E-state index contributed by atoms with van der Waals surface area (Å²) in [5, 5.41) is 11.4. The van der Waals surface area contributed by atoms with E-state index in [1.807, 2.05) is 50.2 Å². The molecule has 0 aromatic heterocycles. The number of ketones is 1. The van der Waals surface area contributed by atoms with E-state index in [0.29, 0.717) is 54.7 Å². The molecule has 0 aliphatic carbocycles. The van der Waals surface area contributed by atoms with Crippen LogP contribution in [0.15, 0.2) is 72.3 Å². The molecule has 7 nitrogen and oxygen atoms in total. The zero-order valence-electron chi connectivity index (χ0n) is 21.6. The fourth-order valence-electron chi connectivity index (χ4n) is 4.87. The molecule has 3 aromatic carbocycles. The number of unbranched alkanes of at least 4 members (excludes halogenated alkanes) is 1. The number of Topliss-reactive ketones (excluding diaryl/α,β-unsaturated/α-hetero) is 1. The summed E-state index contributed by atoms with van der Waals surface area (Å²) in [7, 11) is 0. The van der Waals surface area contributed by atoms with Gasteiger partial charge in [-0.05, 0) is 60.4 Å². The lowest BCUT2D eigenvalue weighted by Gasteiger charge is -2.27. The van der Waals surface area contributed by atoms with Crippen molar-refractivity contribution in [2.24, 2.45) is 0 Å². The van der Waals surface area contributed by atoms with Crippen molar-refractivity contribution in [3.05, 3.63) is 94.6 Å². The van der Waals surface area contributed by atoms with E-state index in [1.54, 1.807) is 35.2 Å². The molecule has 196 valence electrons. The van der Waals surface area contributed by atoms with Crippen molar-refractivity contribution in [1.82, 2.24) is 4.90 Å². The highest BCUT2D eigenvalue weighted by molar-refractivity contribution is 6.46. The van der Waals surface area contributed by atoms with E-state index in [9.17, 15) is 14.7 Å². The van der Waals surface area contributed by atoms with Gasteiger partial charge in [-0.2, -0.15) is 0 Å². The number of carbonyl (C=O) groups is 2. The number of aliphatic hydroxyl groups excluding tert-OH is 1. The molecule has 0 bridgehead atoms. The minimum absolute atomic E-state index is 0.0696. The Morgan fingerprint density at radius 3 is 2.50 bits per heavy atom. The summed E-state index contributed by atoms with van der Waals surface area (Å²) in [5.74, 6) is 0.343. The van der Waals surface area contributed by atoms with E-state index in [2.05, 4.69) is 0 Å². The quantitative estimate of drug-likeness (QED) is 0.241. The Balaban J connectivity index is 1.51. The van der Waals surface area contributed by atoms with Crippen molar-refractivity contribution in [2.75, 3.05) is 19.8 Å². The van der Waals surface area contributed by atoms with E-state index in [0.717, 1.165) is 24.0 Å². The van der Waals surface area contributed by atoms with Gasteiger partial charge in [-0.3, -0.25) is 9.59 Å². The van der Waals surface area contributed by atoms with Gasteiger partial charge in [0.25, 0.3) is 11.7 Å². The van der Waals surface area contributed by atoms with Gasteiger partial charge in [-0.1, -0.05) is 49.7 Å². The molecule has 2 aliphatic rings. The summed E-state index contributed by atoms with van der Waals surface area (Å²) in [5.41, 5.74) is 3.06. The second-order valence-electron chi connectivity index (χ2n) is 9.50. The second kappa shape index (κ2) is 11.0. The predicted octanol–water partition coefficient (Wildman–Crippen LogP) is 5.57. The number of hydrogen-bond acceptors (Lipinski definition) is 6. The molecule has 7 heteroatoms. The summed E-state index contributed by atoms with van der Waals surface area (Å²) < 4.78 is 17.4. The van der Waals surface area contributed by atoms with Crippen LogP contribution in [0.1, 0.15) is 48.1 Å². The van der Waals surface area contributed by atoms with E-state index in [1.165, 1.54) is 0 Å². The van der Waals surface area contributed by atoms with Crippen LogP contribution in [0.4, 0.5) is 0 Å². The van der Waals surface area contributed by atoms with Gasteiger partial charge >= 0.3 is 0 Å². The Labute approximate surface area is 222 Å². The molecular formula is C31H31NO6. The average Bonchev–Trinajstić information content (AvgIpc) is 3.20. The zero-order valence-corrected chi connectivity index (χ0v) is 21.6. The summed E-state index contributed by atoms with van der Waals surface area (Å²) in [6, 6.07) is 19.8. The molecule has 1 fully saturated rings. The third kappa shape index (κ3) is 4.96. The van der Waals surface area contributed by atoms with Crippen LogP contribution >= 0.6 is 0 Å². The molecule has 0 radical (unpaired) electrons. The topological polar surface area (TPSA) is 85.3 Å². The molecule has 5 rings (SSSR count). The van der Waals surface area contributed by atoms with Gasteiger partial charge in [-0.15, -0.1) is 0 Å². The summed E-state index contributed by atoms with van der Waals surface area (Å²) in [6.07, 6.45) is 1.60. The number of rotatable bonds is 8. The Hall–Kier alpha value is -4.26. The van der Waals surface area contributed by atoms with Gasteiger partial charge in [0, 0.05) is 12.1 Å². The van der Waals surface area contributed by atoms with Crippen LogP contribution in [0.3, 0.4) is 0 Å². The van der Waals surface area contributed by atoms with Crippen LogP contribution < -0.4 is 14.2 Å². The van der Waals surface area contributed by atoms with Crippen molar-refractivity contribution in [2.45, 2.75) is 39.3 Å². The standard InChI is InChI=1S/C31H31NO6/c1-3-4-14-32-28(22-10-13-25-26(18-22)37-16-15-36-25)27(30(34)31(32)35)29(33)23-11-12-24(20(2)17-23)38-19-21-8-6-5-7-9-21/h5-13,17-18,28,33H,3-4,14-16,19H2,1-2H3/b29-27-. The average molecular weight is 514 g/mol. The first-order chi connectivity index (χ1) is 18.5. The smallest absolute Gasteiger partial charge is 0.295 e. The minimum atomic E-state index is -0.730. The number of carbonyl (C=O) groups excluding carboxylic acids is 2. The maximum absolute atomic E-state index is 13.3. The first kappa shape index (κ1) is 25.4. The van der Waals surface area contributed by atoms with E-state index in [-0.39, 0.29) is 11.3 Å². The normalized spacial score (nSPS) is 18.1. The molecule has 1 saturated heterocycles. The molecule has 1 unspecified atom stereocenters. The largest absolute Gasteiger partial charge is 0.507 e. The Kier molecular flexibility index (Phi) is 7.36. The van der Waals surface area contributed by atoms with Gasteiger partial charge in [-0.25, -0.2) is 0 Å². The van der Waals surface area contributed by atoms with Gasteiger partial charge in [0.05, 0.1) is 11.6 Å². The van der Waals surface area contributed by atoms with Crippen LogP contribution in [0.2, 0.25) is 0 Å². The molecule has 1 atom stereocenters. The maximum atomic E-state index is 13.3. The number of amides is 1. The Morgan fingerprint density at radius 1 is 1.00 bits per heavy atom. The summed E-state index contributed by atoms with van der Waals surface area (Å²) in [4.78, 5) is 28.0. The van der Waals surface area contributed by atoms with Crippen molar-refractivity contribution >= 4 is 17.4 Å². The number of nitrogens with zero attached hydrogens (tertiary/aromatic N) is 1. The van der Waals surface area contributed by atoms with Gasteiger partial charge < -0.3 is 24.2 Å². The highest BCUT2D eigenvalue weighted by Crippen LogP contribution is 2.43. The van der Waals surface area contributed by atoms with Gasteiger partial charge in [0.1, 0.15) is 31.3 Å². The van der Waals surface area contributed by atoms with Crippen LogP contribution in [-0.2, 0) is 16.2 Å². The first-order valence-electron chi connectivity index (χ1n) is 12.9. The fraction of sp³-hybridized carbons (Fsp3) is 0.290. The maximum Gasteiger partial charge on any atom is 0.295 e. The minimum Gasteiger partial charge on any atom is -0.507 e. The molecule has 0 spiro atoms. The van der Waals surface area contributed by atoms with Gasteiger partial charge in [0.15, 0.2) is 11.5 Å². The lowest BCUT2D eigenvalue weighted by molar-refractivity contribution is -0.139. The van der Waals surface area contributed by atoms with E-state index < -0.39 is 17.7 Å². The third-order valence-corrected chi connectivity index (χ3v) is 6.86. The monoisotopic (exact) mass is 513 g/mol. The molecule has 0 saturated carbocycles. The van der Waals surface area contributed by atoms with Crippen LogP contribution in [0.25, 0.3) is 5.76 Å². The molecule has 38 heavy (non-hydrogen) atoms. The third-order valence-electron chi connectivity index (χ3n) is 6.86. The molecule has 2 aliphatic heterocycles. The highest BCUT2D eigenvalue weighted by Gasteiger charge is 2.46. The zero-order chi connectivity index (χ0) is 26.6. The molecule has 1 amide bonds. The molecular weight excluding hydrogens is 482 g/mol. The SMILES string of the molecule is CCCCN1C(=O)C(=O)/C(=C(\O)c2ccc(OCc3ccccc3)c(C)c2)C1c1ccc2c(c1)OCCO2. The molecule has 3 aromatic rings. The van der Waals surface area contributed by atoms with Crippen LogP contribution in [-0.4, -0.2) is 41.5 Å². The lowest BCUT2D eigenvalue weighted by atomic mass is 9.94. The van der Waals surface area contributed by atoms with Crippen LogP contribution in [0.5, 0.6) is 17.2 Å². The van der Waals surface area contributed by atoms with Crippen molar-refractivity contribution in [3.8, 4) is 17.2 Å². The van der Waals surface area contributed by atoms with E-state index >= 15 is 0 Å². The fourth-order valence-corrected chi connectivity index (χ4v) is 4.87. The number of fused-ring (bicyclic) bond motifs is 1. The second-order valence-corrected chi connectivity index (χ2v) is 9.50. The Morgan fingerprint density at radius 2 is 1.76 bits per heavy atom. The molecule has 2 heterocycles. The summed E-state index contributed by atoms with van der Waals surface area (Å²) >= 11 is 0. The van der Waals surface area contributed by atoms with E-state index in [4.69, 9.17) is 14.2 Å². The van der Waals surface area contributed by atoms with Crippen LogP contribution in [0, 0.1) is 6.92 Å². The molecule has 1 N–H and O–H groups in total.